The largest absolute Gasteiger partial charge is 0.357 e. The van der Waals surface area contributed by atoms with Gasteiger partial charge in [0.15, 0.2) is 5.96 Å². The number of aromatic nitrogens is 2. The summed E-state index contributed by atoms with van der Waals surface area (Å²) in [5.41, 5.74) is 1.19. The zero-order chi connectivity index (χ0) is 17.2. The molecule has 1 aliphatic rings. The zero-order valence-corrected chi connectivity index (χ0v) is 15.6. The highest BCUT2D eigenvalue weighted by molar-refractivity contribution is 5.80. The number of rotatable bonds is 8. The van der Waals surface area contributed by atoms with Crippen LogP contribution in [-0.4, -0.2) is 59.4 Å². The summed E-state index contributed by atoms with van der Waals surface area (Å²) in [6, 6.07) is 0.535. The molecule has 0 bridgehead atoms. The molecule has 0 saturated carbocycles. The van der Waals surface area contributed by atoms with Crippen molar-refractivity contribution in [1.29, 1.82) is 0 Å². The molecule has 0 aromatic carbocycles. The summed E-state index contributed by atoms with van der Waals surface area (Å²) in [7, 11) is 0. The first-order chi connectivity index (χ1) is 11.7. The molecule has 0 aliphatic carbocycles. The molecule has 136 valence electrons. The van der Waals surface area contributed by atoms with Crippen LogP contribution in [0, 0.1) is 6.92 Å². The first-order valence-electron chi connectivity index (χ1n) is 9.47. The molecular weight excluding hydrogens is 300 g/mol. The standard InChI is InChI=1S/C18H34N6/c1-4-6-10-23-11-7-17(8-12-23)22-18(19-5-2)20-9-13-24-15-16(3)14-21-24/h14-15,17H,4-13H2,1-3H3,(H2,19,20,22). The van der Waals surface area contributed by atoms with Gasteiger partial charge in [0.25, 0.3) is 0 Å². The Morgan fingerprint density at radius 1 is 1.29 bits per heavy atom. The van der Waals surface area contributed by atoms with E-state index in [2.05, 4.69) is 47.6 Å². The topological polar surface area (TPSA) is 57.5 Å². The van der Waals surface area contributed by atoms with Crippen LogP contribution in [0.4, 0.5) is 0 Å². The summed E-state index contributed by atoms with van der Waals surface area (Å²) < 4.78 is 1.95. The summed E-state index contributed by atoms with van der Waals surface area (Å²) >= 11 is 0. The van der Waals surface area contributed by atoms with Gasteiger partial charge in [0.2, 0.25) is 0 Å². The van der Waals surface area contributed by atoms with E-state index in [0.29, 0.717) is 6.04 Å². The number of aliphatic imine (C=N–C) groups is 1. The van der Waals surface area contributed by atoms with Gasteiger partial charge in [0.05, 0.1) is 19.3 Å². The molecule has 1 aliphatic heterocycles. The van der Waals surface area contributed by atoms with Crippen molar-refractivity contribution in [2.75, 3.05) is 32.7 Å². The van der Waals surface area contributed by atoms with Crippen molar-refractivity contribution in [3.05, 3.63) is 18.0 Å². The smallest absolute Gasteiger partial charge is 0.191 e. The quantitative estimate of drug-likeness (QED) is 0.564. The third-order valence-electron chi connectivity index (χ3n) is 4.46. The highest BCUT2D eigenvalue weighted by Gasteiger charge is 2.19. The summed E-state index contributed by atoms with van der Waals surface area (Å²) in [5.74, 6) is 0.938. The van der Waals surface area contributed by atoms with Gasteiger partial charge in [0, 0.05) is 31.9 Å². The average Bonchev–Trinajstić information content (AvgIpc) is 3.00. The van der Waals surface area contributed by atoms with Gasteiger partial charge in [-0.15, -0.1) is 0 Å². The molecule has 1 saturated heterocycles. The summed E-state index contributed by atoms with van der Waals surface area (Å²) in [5, 5.41) is 11.3. The van der Waals surface area contributed by atoms with Crippen LogP contribution in [0.3, 0.4) is 0 Å². The molecule has 1 fully saturated rings. The van der Waals surface area contributed by atoms with Crippen LogP contribution in [0.15, 0.2) is 17.4 Å². The van der Waals surface area contributed by atoms with Crippen LogP contribution in [0.1, 0.15) is 45.1 Å². The number of guanidine groups is 1. The molecule has 6 heteroatoms. The van der Waals surface area contributed by atoms with E-state index in [9.17, 15) is 0 Å². The average molecular weight is 335 g/mol. The molecule has 2 N–H and O–H groups in total. The van der Waals surface area contributed by atoms with Crippen molar-refractivity contribution in [2.24, 2.45) is 4.99 Å². The number of nitrogens with zero attached hydrogens (tertiary/aromatic N) is 4. The third kappa shape index (κ3) is 6.51. The molecular formula is C18H34N6. The number of likely N-dealkylation sites (tertiary alicyclic amines) is 1. The SMILES string of the molecule is CCCCN1CCC(NC(=NCCn2cc(C)cn2)NCC)CC1. The van der Waals surface area contributed by atoms with Gasteiger partial charge < -0.3 is 15.5 Å². The van der Waals surface area contributed by atoms with Crippen LogP contribution in [0.5, 0.6) is 0 Å². The molecule has 0 unspecified atom stereocenters. The van der Waals surface area contributed by atoms with Gasteiger partial charge in [-0.05, 0) is 45.2 Å². The molecule has 0 amide bonds. The van der Waals surface area contributed by atoms with E-state index in [1.165, 1.54) is 50.9 Å². The van der Waals surface area contributed by atoms with Crippen molar-refractivity contribution in [2.45, 2.75) is 59.0 Å². The van der Waals surface area contributed by atoms with Gasteiger partial charge in [-0.3, -0.25) is 9.67 Å². The Bertz CT molecular complexity index is 487. The first-order valence-corrected chi connectivity index (χ1v) is 9.47. The lowest BCUT2D eigenvalue weighted by Gasteiger charge is -2.33. The van der Waals surface area contributed by atoms with Crippen LogP contribution < -0.4 is 10.6 Å². The fraction of sp³-hybridized carbons (Fsp3) is 0.778. The van der Waals surface area contributed by atoms with E-state index in [1.807, 2.05) is 10.9 Å². The Balaban J connectivity index is 1.75. The molecule has 1 aromatic heterocycles. The number of piperidine rings is 1. The predicted molar refractivity (Wildman–Crippen MR) is 100 cm³/mol. The summed E-state index contributed by atoms with van der Waals surface area (Å²) in [6.07, 6.45) is 8.95. The molecule has 1 aromatic rings. The summed E-state index contributed by atoms with van der Waals surface area (Å²) in [4.78, 5) is 7.29. The van der Waals surface area contributed by atoms with E-state index in [0.717, 1.165) is 25.6 Å². The lowest BCUT2D eigenvalue weighted by atomic mass is 10.0. The molecule has 6 nitrogen and oxygen atoms in total. The van der Waals surface area contributed by atoms with Crippen LogP contribution in [0.25, 0.3) is 0 Å². The maximum Gasteiger partial charge on any atom is 0.191 e. The minimum atomic E-state index is 0.535. The molecule has 0 atom stereocenters. The second-order valence-corrected chi connectivity index (χ2v) is 6.66. The molecule has 2 rings (SSSR count). The Morgan fingerprint density at radius 2 is 2.08 bits per heavy atom. The van der Waals surface area contributed by atoms with Crippen molar-refractivity contribution in [3.63, 3.8) is 0 Å². The van der Waals surface area contributed by atoms with Gasteiger partial charge in [0.1, 0.15) is 0 Å². The fourth-order valence-electron chi connectivity index (χ4n) is 3.05. The lowest BCUT2D eigenvalue weighted by Crippen LogP contribution is -2.48. The van der Waals surface area contributed by atoms with Crippen molar-refractivity contribution in [1.82, 2.24) is 25.3 Å². The van der Waals surface area contributed by atoms with E-state index < -0.39 is 0 Å². The van der Waals surface area contributed by atoms with Gasteiger partial charge in [-0.25, -0.2) is 0 Å². The zero-order valence-electron chi connectivity index (χ0n) is 15.6. The van der Waals surface area contributed by atoms with E-state index >= 15 is 0 Å². The minimum absolute atomic E-state index is 0.535. The molecule has 24 heavy (non-hydrogen) atoms. The van der Waals surface area contributed by atoms with E-state index in [1.54, 1.807) is 0 Å². The minimum Gasteiger partial charge on any atom is -0.357 e. The Hall–Kier alpha value is -1.56. The van der Waals surface area contributed by atoms with Crippen molar-refractivity contribution in [3.8, 4) is 0 Å². The Kier molecular flexibility index (Phi) is 8.08. The number of hydrogen-bond donors (Lipinski definition) is 2. The lowest BCUT2D eigenvalue weighted by molar-refractivity contribution is 0.203. The number of aryl methyl sites for hydroxylation is 1. The Morgan fingerprint density at radius 3 is 2.71 bits per heavy atom. The van der Waals surface area contributed by atoms with Gasteiger partial charge in [-0.1, -0.05) is 13.3 Å². The molecule has 0 spiro atoms. The van der Waals surface area contributed by atoms with Crippen LogP contribution >= 0.6 is 0 Å². The predicted octanol–water partition coefficient (Wildman–Crippen LogP) is 2.01. The Labute approximate surface area is 146 Å². The fourth-order valence-corrected chi connectivity index (χ4v) is 3.05. The van der Waals surface area contributed by atoms with E-state index in [4.69, 9.17) is 4.99 Å². The van der Waals surface area contributed by atoms with Crippen LogP contribution in [0.2, 0.25) is 0 Å². The van der Waals surface area contributed by atoms with Crippen molar-refractivity contribution >= 4 is 5.96 Å². The first kappa shape index (κ1) is 18.8. The van der Waals surface area contributed by atoms with Gasteiger partial charge >= 0.3 is 0 Å². The second-order valence-electron chi connectivity index (χ2n) is 6.66. The highest BCUT2D eigenvalue weighted by atomic mass is 15.3. The molecule has 0 radical (unpaired) electrons. The number of nitrogens with one attached hydrogen (secondary N) is 2. The summed E-state index contributed by atoms with van der Waals surface area (Å²) in [6.45, 7) is 12.5. The van der Waals surface area contributed by atoms with Gasteiger partial charge in [-0.2, -0.15) is 5.10 Å². The third-order valence-corrected chi connectivity index (χ3v) is 4.46. The van der Waals surface area contributed by atoms with E-state index in [-0.39, 0.29) is 0 Å². The maximum atomic E-state index is 4.70. The maximum absolute atomic E-state index is 4.70. The monoisotopic (exact) mass is 334 g/mol. The van der Waals surface area contributed by atoms with Crippen LogP contribution in [-0.2, 0) is 6.54 Å². The second kappa shape index (κ2) is 10.3. The highest BCUT2D eigenvalue weighted by Crippen LogP contribution is 2.11. The molecule has 2 heterocycles. The normalized spacial score (nSPS) is 17.2. The number of unbranched alkanes of at least 4 members (excludes halogenated alkanes) is 1. The van der Waals surface area contributed by atoms with Crippen molar-refractivity contribution < 1.29 is 0 Å². The number of hydrogen-bond acceptors (Lipinski definition) is 3.